The van der Waals surface area contributed by atoms with Crippen LogP contribution in [0.1, 0.15) is 11.1 Å². The Balaban J connectivity index is 1.64. The zero-order chi connectivity index (χ0) is 16.5. The van der Waals surface area contributed by atoms with Gasteiger partial charge in [0.25, 0.3) is 0 Å². The van der Waals surface area contributed by atoms with E-state index in [1.807, 2.05) is 72.8 Å². The monoisotopic (exact) mass is 318 g/mol. The van der Waals surface area contributed by atoms with Crippen LogP contribution in [0.15, 0.2) is 90.3 Å². The van der Waals surface area contributed by atoms with E-state index in [2.05, 4.69) is 10.1 Å². The summed E-state index contributed by atoms with van der Waals surface area (Å²) in [6, 6.07) is 23.4. The van der Waals surface area contributed by atoms with E-state index in [-0.39, 0.29) is 0 Å². The quantitative estimate of drug-likeness (QED) is 0.377. The van der Waals surface area contributed by atoms with Crippen molar-refractivity contribution in [1.82, 2.24) is 4.98 Å². The van der Waals surface area contributed by atoms with Gasteiger partial charge in [0, 0.05) is 23.5 Å². The first-order valence-electron chi connectivity index (χ1n) is 7.77. The zero-order valence-corrected chi connectivity index (χ0v) is 13.2. The lowest BCUT2D eigenvalue weighted by Gasteiger charge is -2.08. The standard InChI is InChI=1S/C20H18N2O2/c1-3-7-17(8-4-1)20(18-11-13-21-14-12-18)22-24-16-15-23-19-9-5-2-6-10-19/h1-14H,15-16H2. The molecule has 0 fully saturated rings. The molecule has 0 saturated carbocycles. The Morgan fingerprint density at radius 2 is 1.38 bits per heavy atom. The highest BCUT2D eigenvalue weighted by molar-refractivity contribution is 6.12. The van der Waals surface area contributed by atoms with E-state index >= 15 is 0 Å². The van der Waals surface area contributed by atoms with Crippen LogP contribution in [0.4, 0.5) is 0 Å². The van der Waals surface area contributed by atoms with Crippen LogP contribution in [0.5, 0.6) is 5.75 Å². The van der Waals surface area contributed by atoms with Gasteiger partial charge < -0.3 is 9.57 Å². The van der Waals surface area contributed by atoms with E-state index in [1.165, 1.54) is 0 Å². The molecule has 0 N–H and O–H groups in total. The Hall–Kier alpha value is -3.14. The maximum absolute atomic E-state index is 5.59. The molecular formula is C20H18N2O2. The number of rotatable bonds is 7. The number of aromatic nitrogens is 1. The van der Waals surface area contributed by atoms with Crippen LogP contribution in [-0.2, 0) is 4.84 Å². The molecule has 120 valence electrons. The van der Waals surface area contributed by atoms with Crippen molar-refractivity contribution in [3.8, 4) is 5.75 Å². The maximum atomic E-state index is 5.59. The van der Waals surface area contributed by atoms with Crippen molar-refractivity contribution in [2.45, 2.75) is 0 Å². The lowest BCUT2D eigenvalue weighted by molar-refractivity contribution is 0.107. The van der Waals surface area contributed by atoms with Crippen LogP contribution in [-0.4, -0.2) is 23.9 Å². The fourth-order valence-electron chi connectivity index (χ4n) is 2.20. The van der Waals surface area contributed by atoms with Crippen LogP contribution in [0, 0.1) is 0 Å². The van der Waals surface area contributed by atoms with Crippen LogP contribution in [0.2, 0.25) is 0 Å². The summed E-state index contributed by atoms with van der Waals surface area (Å²) in [7, 11) is 0. The van der Waals surface area contributed by atoms with E-state index in [0.717, 1.165) is 22.6 Å². The minimum absolute atomic E-state index is 0.371. The summed E-state index contributed by atoms with van der Waals surface area (Å²) in [4.78, 5) is 9.52. The van der Waals surface area contributed by atoms with Crippen molar-refractivity contribution in [3.63, 3.8) is 0 Å². The third kappa shape index (κ3) is 4.43. The second-order valence-electron chi connectivity index (χ2n) is 5.04. The number of pyridine rings is 1. The predicted octanol–water partition coefficient (Wildman–Crippen LogP) is 3.93. The van der Waals surface area contributed by atoms with Crippen molar-refractivity contribution in [2.24, 2.45) is 5.16 Å². The summed E-state index contributed by atoms with van der Waals surface area (Å²) in [6.07, 6.45) is 3.48. The van der Waals surface area contributed by atoms with E-state index in [0.29, 0.717) is 13.2 Å². The average molecular weight is 318 g/mol. The molecule has 0 saturated heterocycles. The summed E-state index contributed by atoms with van der Waals surface area (Å²) in [5.41, 5.74) is 2.73. The minimum atomic E-state index is 0.371. The number of nitrogens with zero attached hydrogens (tertiary/aromatic N) is 2. The molecule has 0 atom stereocenters. The SMILES string of the molecule is c1ccc(OCCON=C(c2ccccc2)c2ccncc2)cc1. The topological polar surface area (TPSA) is 43.7 Å². The third-order valence-corrected chi connectivity index (χ3v) is 3.34. The second kappa shape index (κ2) is 8.48. The molecule has 0 amide bonds. The van der Waals surface area contributed by atoms with Gasteiger partial charge >= 0.3 is 0 Å². The largest absolute Gasteiger partial charge is 0.490 e. The molecule has 0 aliphatic rings. The first-order chi connectivity index (χ1) is 11.9. The molecule has 4 heteroatoms. The lowest BCUT2D eigenvalue weighted by atomic mass is 10.0. The molecule has 3 rings (SSSR count). The van der Waals surface area contributed by atoms with Gasteiger partial charge in [-0.2, -0.15) is 0 Å². The normalized spacial score (nSPS) is 11.1. The molecule has 0 bridgehead atoms. The number of para-hydroxylation sites is 1. The van der Waals surface area contributed by atoms with Gasteiger partial charge in [0.05, 0.1) is 0 Å². The summed E-state index contributed by atoms with van der Waals surface area (Å²) in [5.74, 6) is 0.822. The van der Waals surface area contributed by atoms with Gasteiger partial charge in [-0.15, -0.1) is 0 Å². The van der Waals surface area contributed by atoms with Gasteiger partial charge in [0.1, 0.15) is 18.1 Å². The molecule has 0 unspecified atom stereocenters. The number of hydrogen-bond donors (Lipinski definition) is 0. The fourth-order valence-corrected chi connectivity index (χ4v) is 2.20. The number of benzene rings is 2. The number of oxime groups is 1. The van der Waals surface area contributed by atoms with Gasteiger partial charge in [-0.05, 0) is 24.3 Å². The Morgan fingerprint density at radius 1 is 0.750 bits per heavy atom. The van der Waals surface area contributed by atoms with Gasteiger partial charge in [0.15, 0.2) is 6.61 Å². The molecular weight excluding hydrogens is 300 g/mol. The average Bonchev–Trinajstić information content (AvgIpc) is 2.67. The molecule has 0 aliphatic heterocycles. The molecule has 24 heavy (non-hydrogen) atoms. The van der Waals surface area contributed by atoms with Gasteiger partial charge in [-0.3, -0.25) is 4.98 Å². The molecule has 0 spiro atoms. The molecule has 0 aliphatic carbocycles. The maximum Gasteiger partial charge on any atom is 0.151 e. The molecule has 1 aromatic heterocycles. The van der Waals surface area contributed by atoms with Gasteiger partial charge in [-0.25, -0.2) is 0 Å². The van der Waals surface area contributed by atoms with Crippen molar-refractivity contribution in [1.29, 1.82) is 0 Å². The first-order valence-corrected chi connectivity index (χ1v) is 7.77. The minimum Gasteiger partial charge on any atom is -0.490 e. The molecule has 4 nitrogen and oxygen atoms in total. The van der Waals surface area contributed by atoms with E-state index in [9.17, 15) is 0 Å². The molecule has 0 radical (unpaired) electrons. The number of ether oxygens (including phenoxy) is 1. The highest BCUT2D eigenvalue weighted by Gasteiger charge is 2.07. The van der Waals surface area contributed by atoms with Crippen molar-refractivity contribution in [3.05, 3.63) is 96.3 Å². The smallest absolute Gasteiger partial charge is 0.151 e. The molecule has 3 aromatic rings. The Bertz CT molecular complexity index is 718. The molecule has 2 aromatic carbocycles. The van der Waals surface area contributed by atoms with Crippen molar-refractivity contribution >= 4 is 5.71 Å². The predicted molar refractivity (Wildman–Crippen MR) is 94.2 cm³/mol. The van der Waals surface area contributed by atoms with Crippen LogP contribution in [0.25, 0.3) is 0 Å². The van der Waals surface area contributed by atoms with E-state index in [1.54, 1.807) is 12.4 Å². The lowest BCUT2D eigenvalue weighted by Crippen LogP contribution is -2.08. The van der Waals surface area contributed by atoms with Crippen molar-refractivity contribution in [2.75, 3.05) is 13.2 Å². The number of hydrogen-bond acceptors (Lipinski definition) is 4. The van der Waals surface area contributed by atoms with E-state index in [4.69, 9.17) is 9.57 Å². The zero-order valence-electron chi connectivity index (χ0n) is 13.2. The Morgan fingerprint density at radius 3 is 2.08 bits per heavy atom. The highest BCUT2D eigenvalue weighted by Crippen LogP contribution is 2.11. The Kier molecular flexibility index (Phi) is 5.56. The fraction of sp³-hybridized carbons (Fsp3) is 0.100. The molecule has 1 heterocycles. The van der Waals surface area contributed by atoms with Crippen LogP contribution in [0.3, 0.4) is 0 Å². The summed E-state index contributed by atoms with van der Waals surface area (Å²) in [5, 5.41) is 4.30. The van der Waals surface area contributed by atoms with Crippen molar-refractivity contribution < 1.29 is 9.57 Å². The Labute approximate surface area is 141 Å². The highest BCUT2D eigenvalue weighted by atomic mass is 16.6. The summed E-state index contributed by atoms with van der Waals surface area (Å²) >= 11 is 0. The first kappa shape index (κ1) is 15.7. The summed E-state index contributed by atoms with van der Waals surface area (Å²) in [6.45, 7) is 0.808. The van der Waals surface area contributed by atoms with Crippen LogP contribution < -0.4 is 4.74 Å². The summed E-state index contributed by atoms with van der Waals surface area (Å²) < 4.78 is 5.59. The van der Waals surface area contributed by atoms with Crippen LogP contribution >= 0.6 is 0 Å². The van der Waals surface area contributed by atoms with E-state index < -0.39 is 0 Å². The van der Waals surface area contributed by atoms with Gasteiger partial charge in [0.2, 0.25) is 0 Å². The van der Waals surface area contributed by atoms with Gasteiger partial charge in [-0.1, -0.05) is 53.7 Å². The second-order valence-corrected chi connectivity index (χ2v) is 5.04. The third-order valence-electron chi connectivity index (χ3n) is 3.34.